The molecular formula is C18H23N5O2. The highest BCUT2D eigenvalue weighted by molar-refractivity contribution is 5.91. The van der Waals surface area contributed by atoms with Crippen LogP contribution in [0.3, 0.4) is 0 Å². The number of methoxy groups -OCH3 is 1. The van der Waals surface area contributed by atoms with Gasteiger partial charge in [-0.2, -0.15) is 5.26 Å². The topological polar surface area (TPSA) is 92.8 Å². The zero-order valence-corrected chi connectivity index (χ0v) is 14.9. The minimum absolute atomic E-state index is 0.0958. The molecule has 0 spiro atoms. The van der Waals surface area contributed by atoms with Crippen LogP contribution in [0.5, 0.6) is 0 Å². The van der Waals surface area contributed by atoms with Crippen LogP contribution in [0.25, 0.3) is 11.2 Å². The zero-order valence-electron chi connectivity index (χ0n) is 14.9. The van der Waals surface area contributed by atoms with Crippen LogP contribution in [0.2, 0.25) is 0 Å². The van der Waals surface area contributed by atoms with Gasteiger partial charge in [-0.25, -0.2) is 9.97 Å². The van der Waals surface area contributed by atoms with E-state index in [-0.39, 0.29) is 17.6 Å². The van der Waals surface area contributed by atoms with E-state index in [1.54, 1.807) is 19.2 Å². The average Bonchev–Trinajstić information content (AvgIpc) is 2.89. The van der Waals surface area contributed by atoms with Crippen molar-refractivity contribution in [3.63, 3.8) is 0 Å². The lowest BCUT2D eigenvalue weighted by Gasteiger charge is -2.28. The van der Waals surface area contributed by atoms with Gasteiger partial charge in [0.2, 0.25) is 11.9 Å². The second kappa shape index (κ2) is 6.81. The van der Waals surface area contributed by atoms with Crippen molar-refractivity contribution >= 4 is 23.0 Å². The van der Waals surface area contributed by atoms with Crippen molar-refractivity contribution in [3.8, 4) is 6.07 Å². The third-order valence-electron chi connectivity index (χ3n) is 4.85. The first kappa shape index (κ1) is 17.4. The minimum Gasteiger partial charge on any atom is -0.379 e. The number of rotatable bonds is 6. The Hall–Kier alpha value is -2.46. The van der Waals surface area contributed by atoms with Gasteiger partial charge in [-0.15, -0.1) is 0 Å². The van der Waals surface area contributed by atoms with Gasteiger partial charge in [0, 0.05) is 19.6 Å². The number of nitrogens with one attached hydrogen (secondary N) is 1. The summed E-state index contributed by atoms with van der Waals surface area (Å²) in [6, 6.07) is 5.76. The molecule has 1 N–H and O–H groups in total. The van der Waals surface area contributed by atoms with Crippen LogP contribution < -0.4 is 5.32 Å². The number of carbonyl (C=O) groups excluding carboxylic acids is 1. The fourth-order valence-electron chi connectivity index (χ4n) is 2.82. The molecule has 2 heterocycles. The number of carbonyl (C=O) groups is 1. The summed E-state index contributed by atoms with van der Waals surface area (Å²) in [7, 11) is 1.65. The lowest BCUT2D eigenvalue weighted by Crippen LogP contribution is -2.26. The van der Waals surface area contributed by atoms with Gasteiger partial charge in [0.05, 0.1) is 5.60 Å². The number of hydrogen-bond acceptors (Lipinski definition) is 5. The molecule has 0 atom stereocenters. The van der Waals surface area contributed by atoms with Gasteiger partial charge in [-0.3, -0.25) is 14.7 Å². The SMILES string of the molecule is COC(C)(C)CCC(=O)Nc1nc2ccc(C#N)nc2n1C1CCC1. The highest BCUT2D eigenvalue weighted by atomic mass is 16.5. The first-order valence-corrected chi connectivity index (χ1v) is 8.57. The molecule has 7 nitrogen and oxygen atoms in total. The maximum atomic E-state index is 12.4. The Balaban J connectivity index is 1.85. The Morgan fingerprint density at radius 3 is 2.80 bits per heavy atom. The number of aromatic nitrogens is 3. The first-order valence-electron chi connectivity index (χ1n) is 8.57. The first-order chi connectivity index (χ1) is 11.9. The quantitative estimate of drug-likeness (QED) is 0.871. The summed E-state index contributed by atoms with van der Waals surface area (Å²) in [5, 5.41) is 12.0. The molecule has 132 valence electrons. The molecule has 0 bridgehead atoms. The molecule has 1 aliphatic rings. The molecular weight excluding hydrogens is 318 g/mol. The van der Waals surface area contributed by atoms with Crippen LogP contribution >= 0.6 is 0 Å². The van der Waals surface area contributed by atoms with Crippen LogP contribution in [0, 0.1) is 11.3 Å². The fraction of sp³-hybridized carbons (Fsp3) is 0.556. The summed E-state index contributed by atoms with van der Waals surface area (Å²) < 4.78 is 7.33. The van der Waals surface area contributed by atoms with E-state index in [1.165, 1.54) is 0 Å². The lowest BCUT2D eigenvalue weighted by molar-refractivity contribution is -0.117. The largest absolute Gasteiger partial charge is 0.379 e. The summed E-state index contributed by atoms with van der Waals surface area (Å²) in [6.45, 7) is 3.91. The number of amides is 1. The Labute approximate surface area is 147 Å². The predicted octanol–water partition coefficient (Wildman–Crippen LogP) is 3.17. The van der Waals surface area contributed by atoms with Crippen molar-refractivity contribution in [2.24, 2.45) is 0 Å². The van der Waals surface area contributed by atoms with E-state index >= 15 is 0 Å². The molecule has 1 aliphatic carbocycles. The molecule has 3 rings (SSSR count). The van der Waals surface area contributed by atoms with E-state index in [4.69, 9.17) is 10.00 Å². The number of nitrogens with zero attached hydrogens (tertiary/aromatic N) is 4. The number of nitriles is 1. The lowest BCUT2D eigenvalue weighted by atomic mass is 9.93. The summed E-state index contributed by atoms with van der Waals surface area (Å²) >= 11 is 0. The summed E-state index contributed by atoms with van der Waals surface area (Å²) in [5.41, 5.74) is 1.37. The summed E-state index contributed by atoms with van der Waals surface area (Å²) in [4.78, 5) is 21.3. The van der Waals surface area contributed by atoms with Crippen molar-refractivity contribution < 1.29 is 9.53 Å². The van der Waals surface area contributed by atoms with E-state index in [9.17, 15) is 4.79 Å². The predicted molar refractivity (Wildman–Crippen MR) is 94.1 cm³/mol. The molecule has 0 radical (unpaired) electrons. The molecule has 0 aliphatic heterocycles. The standard InChI is InChI=1S/C18H23N5O2/c1-18(2,25-3)10-9-15(24)22-17-21-14-8-7-12(11-19)20-16(14)23(17)13-5-4-6-13/h7-8,13H,4-6,9-10H2,1-3H3,(H,21,22,24). The van der Waals surface area contributed by atoms with Crippen LogP contribution in [0.4, 0.5) is 5.95 Å². The molecule has 0 unspecified atom stereocenters. The maximum absolute atomic E-state index is 12.4. The average molecular weight is 341 g/mol. The number of hydrogen-bond donors (Lipinski definition) is 1. The smallest absolute Gasteiger partial charge is 0.226 e. The number of ether oxygens (including phenoxy) is 1. The van der Waals surface area contributed by atoms with Crippen molar-refractivity contribution in [2.75, 3.05) is 12.4 Å². The van der Waals surface area contributed by atoms with Crippen molar-refractivity contribution in [2.45, 2.75) is 57.6 Å². The molecule has 1 fully saturated rings. The second-order valence-corrected chi connectivity index (χ2v) is 7.05. The van der Waals surface area contributed by atoms with Gasteiger partial charge in [0.25, 0.3) is 0 Å². The highest BCUT2D eigenvalue weighted by Crippen LogP contribution is 2.36. The van der Waals surface area contributed by atoms with Gasteiger partial charge >= 0.3 is 0 Å². The van der Waals surface area contributed by atoms with Crippen molar-refractivity contribution in [1.29, 1.82) is 5.26 Å². The van der Waals surface area contributed by atoms with Gasteiger partial charge in [-0.05, 0) is 51.7 Å². The number of pyridine rings is 1. The molecule has 2 aromatic rings. The number of imidazole rings is 1. The van der Waals surface area contributed by atoms with Gasteiger partial charge < -0.3 is 4.74 Å². The molecule has 1 saturated carbocycles. The van der Waals surface area contributed by atoms with Gasteiger partial charge in [0.1, 0.15) is 17.3 Å². The Morgan fingerprint density at radius 1 is 1.44 bits per heavy atom. The minimum atomic E-state index is -0.339. The summed E-state index contributed by atoms with van der Waals surface area (Å²) in [6.07, 6.45) is 4.19. The molecule has 1 amide bonds. The van der Waals surface area contributed by atoms with Gasteiger partial charge in [0.15, 0.2) is 5.65 Å². The van der Waals surface area contributed by atoms with E-state index in [0.717, 1.165) is 19.3 Å². The van der Waals surface area contributed by atoms with Crippen molar-refractivity contribution in [1.82, 2.24) is 14.5 Å². The van der Waals surface area contributed by atoms with Gasteiger partial charge in [-0.1, -0.05) is 0 Å². The van der Waals surface area contributed by atoms with E-state index < -0.39 is 0 Å². The molecule has 0 aromatic carbocycles. The van der Waals surface area contributed by atoms with Crippen molar-refractivity contribution in [3.05, 3.63) is 17.8 Å². The monoisotopic (exact) mass is 341 g/mol. The van der Waals surface area contributed by atoms with E-state index in [1.807, 2.05) is 18.4 Å². The Bertz CT molecular complexity index is 830. The second-order valence-electron chi connectivity index (χ2n) is 7.05. The fourth-order valence-corrected chi connectivity index (χ4v) is 2.82. The molecule has 25 heavy (non-hydrogen) atoms. The van der Waals surface area contributed by atoms with E-state index in [0.29, 0.717) is 35.6 Å². The third kappa shape index (κ3) is 3.64. The van der Waals surface area contributed by atoms with Crippen LogP contribution in [0.1, 0.15) is 57.7 Å². The number of anilines is 1. The Kier molecular flexibility index (Phi) is 4.73. The van der Waals surface area contributed by atoms with Crippen LogP contribution in [0.15, 0.2) is 12.1 Å². The third-order valence-corrected chi connectivity index (χ3v) is 4.85. The normalized spacial score (nSPS) is 15.0. The van der Waals surface area contributed by atoms with Crippen LogP contribution in [-0.4, -0.2) is 33.2 Å². The molecule has 0 saturated heterocycles. The summed E-state index contributed by atoms with van der Waals surface area (Å²) in [5.74, 6) is 0.420. The maximum Gasteiger partial charge on any atom is 0.226 e. The molecule has 2 aromatic heterocycles. The Morgan fingerprint density at radius 2 is 2.20 bits per heavy atom. The van der Waals surface area contributed by atoms with Crippen LogP contribution in [-0.2, 0) is 9.53 Å². The van der Waals surface area contributed by atoms with E-state index in [2.05, 4.69) is 21.4 Å². The molecule has 7 heteroatoms. The number of fused-ring (bicyclic) bond motifs is 1. The zero-order chi connectivity index (χ0) is 18.0. The highest BCUT2D eigenvalue weighted by Gasteiger charge is 2.27.